The van der Waals surface area contributed by atoms with Gasteiger partial charge in [0.25, 0.3) is 0 Å². The van der Waals surface area contributed by atoms with Gasteiger partial charge in [-0.25, -0.2) is 0 Å². The standard InChI is InChI=1S/C25H28O2/c1-18-14-19(18)10-11-23-16-24(23)12-13-25(24,26-17-23)20-6-5-9-22(15-20)27-21-7-3-2-4-8-21/h2-9,15,18-19H,10-14,16-17H2,1H3. The van der Waals surface area contributed by atoms with Crippen LogP contribution in [0.25, 0.3) is 0 Å². The summed E-state index contributed by atoms with van der Waals surface area (Å²) in [7, 11) is 0. The quantitative estimate of drug-likeness (QED) is 0.601. The molecule has 0 aromatic heterocycles. The lowest BCUT2D eigenvalue weighted by Gasteiger charge is -2.48. The normalized spacial score (nSPS) is 40.6. The van der Waals surface area contributed by atoms with Crippen LogP contribution in [0.3, 0.4) is 0 Å². The van der Waals surface area contributed by atoms with Crippen LogP contribution in [0.2, 0.25) is 0 Å². The van der Waals surface area contributed by atoms with Crippen LogP contribution in [0.4, 0.5) is 0 Å². The molecule has 3 saturated carbocycles. The summed E-state index contributed by atoms with van der Waals surface area (Å²) in [6.45, 7) is 3.37. The largest absolute Gasteiger partial charge is 0.457 e. The second-order valence-corrected chi connectivity index (χ2v) is 9.61. The molecule has 0 N–H and O–H groups in total. The van der Waals surface area contributed by atoms with Crippen LogP contribution in [-0.2, 0) is 10.3 Å². The third-order valence-electron chi connectivity index (χ3n) is 8.35. The molecule has 2 aromatic rings. The van der Waals surface area contributed by atoms with E-state index in [0.29, 0.717) is 10.8 Å². The Kier molecular flexibility index (Phi) is 3.22. The van der Waals surface area contributed by atoms with Crippen molar-refractivity contribution in [1.82, 2.24) is 0 Å². The van der Waals surface area contributed by atoms with Gasteiger partial charge in [0.2, 0.25) is 0 Å². The van der Waals surface area contributed by atoms with Crippen LogP contribution in [0.5, 0.6) is 11.5 Å². The highest BCUT2D eigenvalue weighted by Crippen LogP contribution is 2.87. The molecular formula is C25H28O2. The van der Waals surface area contributed by atoms with Crippen LogP contribution in [0.1, 0.15) is 51.0 Å². The highest BCUT2D eigenvalue weighted by Gasteiger charge is 2.84. The first-order valence-electron chi connectivity index (χ1n) is 10.6. The summed E-state index contributed by atoms with van der Waals surface area (Å²) in [6.07, 6.45) is 8.14. The zero-order valence-electron chi connectivity index (χ0n) is 16.1. The summed E-state index contributed by atoms with van der Waals surface area (Å²) in [4.78, 5) is 0. The molecule has 0 radical (unpaired) electrons. The van der Waals surface area contributed by atoms with E-state index in [-0.39, 0.29) is 5.60 Å². The molecule has 3 aliphatic carbocycles. The highest BCUT2D eigenvalue weighted by atomic mass is 16.5. The van der Waals surface area contributed by atoms with Gasteiger partial charge in [-0.15, -0.1) is 0 Å². The lowest BCUT2D eigenvalue weighted by molar-refractivity contribution is -0.125. The van der Waals surface area contributed by atoms with E-state index >= 15 is 0 Å². The molecule has 6 rings (SSSR count). The molecule has 2 nitrogen and oxygen atoms in total. The molecule has 2 aromatic carbocycles. The summed E-state index contributed by atoms with van der Waals surface area (Å²) in [5.74, 6) is 3.77. The van der Waals surface area contributed by atoms with Crippen molar-refractivity contribution in [1.29, 1.82) is 0 Å². The lowest BCUT2D eigenvalue weighted by Crippen LogP contribution is -2.46. The molecule has 4 aliphatic rings. The number of para-hydroxylation sites is 1. The van der Waals surface area contributed by atoms with Gasteiger partial charge in [-0.3, -0.25) is 0 Å². The van der Waals surface area contributed by atoms with Crippen molar-refractivity contribution >= 4 is 0 Å². The predicted octanol–water partition coefficient (Wildman–Crippen LogP) is 6.31. The second kappa shape index (κ2) is 5.38. The fourth-order valence-electron chi connectivity index (χ4n) is 6.38. The Hall–Kier alpha value is -1.80. The van der Waals surface area contributed by atoms with Crippen molar-refractivity contribution < 1.29 is 9.47 Å². The predicted molar refractivity (Wildman–Crippen MR) is 106 cm³/mol. The van der Waals surface area contributed by atoms with E-state index in [1.54, 1.807) is 0 Å². The zero-order valence-corrected chi connectivity index (χ0v) is 16.1. The molecule has 1 heterocycles. The molecule has 0 amide bonds. The van der Waals surface area contributed by atoms with Crippen molar-refractivity contribution in [3.63, 3.8) is 0 Å². The maximum absolute atomic E-state index is 6.61. The van der Waals surface area contributed by atoms with Gasteiger partial charge in [-0.1, -0.05) is 37.3 Å². The summed E-state index contributed by atoms with van der Waals surface area (Å²) in [5.41, 5.74) is 2.19. The van der Waals surface area contributed by atoms with Crippen molar-refractivity contribution in [3.05, 3.63) is 60.2 Å². The first-order valence-corrected chi connectivity index (χ1v) is 10.6. The van der Waals surface area contributed by atoms with Gasteiger partial charge < -0.3 is 9.47 Å². The first kappa shape index (κ1) is 16.2. The van der Waals surface area contributed by atoms with E-state index in [2.05, 4.69) is 31.2 Å². The first-order chi connectivity index (χ1) is 13.2. The fraction of sp³-hybridized carbons (Fsp3) is 0.520. The van der Waals surface area contributed by atoms with Crippen LogP contribution in [0, 0.1) is 22.7 Å². The monoisotopic (exact) mass is 360 g/mol. The minimum atomic E-state index is -0.0434. The van der Waals surface area contributed by atoms with Crippen LogP contribution in [-0.4, -0.2) is 6.61 Å². The molecule has 0 bridgehead atoms. The van der Waals surface area contributed by atoms with Crippen molar-refractivity contribution in [2.24, 2.45) is 22.7 Å². The van der Waals surface area contributed by atoms with E-state index in [1.807, 2.05) is 30.3 Å². The molecule has 4 fully saturated rings. The Bertz CT molecular complexity index is 873. The molecule has 1 aliphatic heterocycles. The molecule has 5 unspecified atom stereocenters. The maximum Gasteiger partial charge on any atom is 0.127 e. The highest BCUT2D eigenvalue weighted by molar-refractivity contribution is 5.44. The third-order valence-corrected chi connectivity index (χ3v) is 8.35. The van der Waals surface area contributed by atoms with Gasteiger partial charge in [0.15, 0.2) is 0 Å². The lowest BCUT2D eigenvalue weighted by atomic mass is 9.60. The molecule has 2 heteroatoms. The Balaban J connectivity index is 1.24. The van der Waals surface area contributed by atoms with E-state index in [4.69, 9.17) is 9.47 Å². The fourth-order valence-corrected chi connectivity index (χ4v) is 6.38. The van der Waals surface area contributed by atoms with Crippen molar-refractivity contribution in [3.8, 4) is 11.5 Å². The van der Waals surface area contributed by atoms with Crippen molar-refractivity contribution in [2.45, 2.75) is 51.0 Å². The van der Waals surface area contributed by atoms with Crippen LogP contribution in [0.15, 0.2) is 54.6 Å². The average molecular weight is 360 g/mol. The van der Waals surface area contributed by atoms with Crippen LogP contribution < -0.4 is 4.74 Å². The Morgan fingerprint density at radius 2 is 1.85 bits per heavy atom. The van der Waals surface area contributed by atoms with Gasteiger partial charge in [-0.05, 0) is 80.2 Å². The minimum absolute atomic E-state index is 0.0434. The Morgan fingerprint density at radius 1 is 1.04 bits per heavy atom. The van der Waals surface area contributed by atoms with E-state index in [0.717, 1.165) is 29.9 Å². The van der Waals surface area contributed by atoms with Crippen LogP contribution >= 0.6 is 0 Å². The molecule has 1 saturated heterocycles. The van der Waals surface area contributed by atoms with Gasteiger partial charge >= 0.3 is 0 Å². The number of benzene rings is 2. The topological polar surface area (TPSA) is 18.5 Å². The number of hydrogen-bond acceptors (Lipinski definition) is 2. The van der Waals surface area contributed by atoms with Gasteiger partial charge in [0.1, 0.15) is 11.5 Å². The van der Waals surface area contributed by atoms with Gasteiger partial charge in [-0.2, -0.15) is 0 Å². The van der Waals surface area contributed by atoms with E-state index in [9.17, 15) is 0 Å². The number of ether oxygens (including phenoxy) is 2. The second-order valence-electron chi connectivity index (χ2n) is 9.61. The van der Waals surface area contributed by atoms with E-state index < -0.39 is 0 Å². The Labute approximate surface area is 161 Å². The SMILES string of the molecule is CC1CC1CCC12COC3(c4cccc(Oc5ccccc5)c4)CCC13C2. The number of rotatable bonds is 6. The summed E-state index contributed by atoms with van der Waals surface area (Å²) >= 11 is 0. The number of hydrogen-bond donors (Lipinski definition) is 0. The Morgan fingerprint density at radius 3 is 2.59 bits per heavy atom. The maximum atomic E-state index is 6.61. The van der Waals surface area contributed by atoms with E-state index in [1.165, 1.54) is 44.1 Å². The molecule has 140 valence electrons. The van der Waals surface area contributed by atoms with Crippen molar-refractivity contribution in [2.75, 3.05) is 6.61 Å². The summed E-state index contributed by atoms with van der Waals surface area (Å²) in [6, 6.07) is 18.7. The van der Waals surface area contributed by atoms with Gasteiger partial charge in [0, 0.05) is 10.8 Å². The smallest absolute Gasteiger partial charge is 0.127 e. The summed E-state index contributed by atoms with van der Waals surface area (Å²) < 4.78 is 12.7. The molecule has 5 atom stereocenters. The third kappa shape index (κ3) is 2.17. The average Bonchev–Trinajstić information content (AvgIpc) is 3.55. The zero-order chi connectivity index (χ0) is 18.1. The molecule has 1 spiro atoms. The molecule has 27 heavy (non-hydrogen) atoms. The minimum Gasteiger partial charge on any atom is -0.457 e. The summed E-state index contributed by atoms with van der Waals surface area (Å²) in [5, 5.41) is 0. The van der Waals surface area contributed by atoms with Gasteiger partial charge in [0.05, 0.1) is 12.2 Å². The molecular weight excluding hydrogens is 332 g/mol.